The number of urea groups is 1. The predicted molar refractivity (Wildman–Crippen MR) is 90.2 cm³/mol. The molecule has 22 heavy (non-hydrogen) atoms. The highest BCUT2D eigenvalue weighted by atomic mass is 32.1. The van der Waals surface area contributed by atoms with Crippen molar-refractivity contribution in [3.05, 3.63) is 58.3 Å². The smallest absolute Gasteiger partial charge is 0.315 e. The van der Waals surface area contributed by atoms with E-state index >= 15 is 0 Å². The van der Waals surface area contributed by atoms with Gasteiger partial charge in [-0.15, -0.1) is 0 Å². The van der Waals surface area contributed by atoms with E-state index < -0.39 is 0 Å². The molecule has 0 saturated carbocycles. The van der Waals surface area contributed by atoms with Crippen molar-refractivity contribution in [1.29, 1.82) is 0 Å². The van der Waals surface area contributed by atoms with E-state index in [9.17, 15) is 9.90 Å². The molecule has 0 bridgehead atoms. The third kappa shape index (κ3) is 5.50. The van der Waals surface area contributed by atoms with E-state index in [0.29, 0.717) is 6.42 Å². The Balaban J connectivity index is 1.79. The lowest BCUT2D eigenvalue weighted by Gasteiger charge is -2.19. The van der Waals surface area contributed by atoms with Crippen LogP contribution in [0.3, 0.4) is 0 Å². The molecule has 4 nitrogen and oxygen atoms in total. The molecule has 0 aliphatic heterocycles. The Hall–Kier alpha value is -1.85. The minimum Gasteiger partial charge on any atom is -0.394 e. The van der Waals surface area contributed by atoms with Crippen LogP contribution >= 0.6 is 11.3 Å². The molecule has 2 rings (SSSR count). The van der Waals surface area contributed by atoms with E-state index in [0.717, 1.165) is 12.0 Å². The van der Waals surface area contributed by atoms with Crippen molar-refractivity contribution in [2.24, 2.45) is 0 Å². The van der Waals surface area contributed by atoms with Crippen LogP contribution in [0.4, 0.5) is 4.79 Å². The van der Waals surface area contributed by atoms with Gasteiger partial charge in [0.2, 0.25) is 0 Å². The summed E-state index contributed by atoms with van der Waals surface area (Å²) in [5.41, 5.74) is 2.31. The Kier molecular flexibility index (Phi) is 6.43. The summed E-state index contributed by atoms with van der Waals surface area (Å²) in [6, 6.07) is 11.4. The van der Waals surface area contributed by atoms with Gasteiger partial charge in [0, 0.05) is 6.04 Å². The average molecular weight is 318 g/mol. The van der Waals surface area contributed by atoms with Gasteiger partial charge in [-0.2, -0.15) is 11.3 Å². The van der Waals surface area contributed by atoms with Crippen molar-refractivity contribution in [3.63, 3.8) is 0 Å². The van der Waals surface area contributed by atoms with Crippen LogP contribution in [0.5, 0.6) is 0 Å². The van der Waals surface area contributed by atoms with Crippen molar-refractivity contribution in [2.75, 3.05) is 6.61 Å². The number of aliphatic hydroxyl groups excluding tert-OH is 1. The molecule has 0 fully saturated rings. The van der Waals surface area contributed by atoms with Gasteiger partial charge in [-0.05, 0) is 47.7 Å². The molecule has 118 valence electrons. The number of thiophene rings is 1. The van der Waals surface area contributed by atoms with Crippen molar-refractivity contribution in [3.8, 4) is 0 Å². The van der Waals surface area contributed by atoms with Gasteiger partial charge >= 0.3 is 6.03 Å². The number of hydrogen-bond donors (Lipinski definition) is 3. The Morgan fingerprint density at radius 3 is 2.55 bits per heavy atom. The summed E-state index contributed by atoms with van der Waals surface area (Å²) in [4.78, 5) is 12.0. The van der Waals surface area contributed by atoms with E-state index in [2.05, 4.69) is 22.1 Å². The largest absolute Gasteiger partial charge is 0.394 e. The van der Waals surface area contributed by atoms with Crippen LogP contribution in [-0.4, -0.2) is 29.8 Å². The van der Waals surface area contributed by atoms with Gasteiger partial charge in [-0.25, -0.2) is 4.79 Å². The normalized spacial score (nSPS) is 13.4. The first kappa shape index (κ1) is 16.5. The van der Waals surface area contributed by atoms with Gasteiger partial charge in [0.05, 0.1) is 12.6 Å². The maximum atomic E-state index is 12.0. The summed E-state index contributed by atoms with van der Waals surface area (Å²) in [5, 5.41) is 19.3. The molecular formula is C17H22N2O2S. The van der Waals surface area contributed by atoms with E-state index in [1.807, 2.05) is 42.6 Å². The highest BCUT2D eigenvalue weighted by molar-refractivity contribution is 7.07. The average Bonchev–Trinajstić information content (AvgIpc) is 3.00. The van der Waals surface area contributed by atoms with Gasteiger partial charge in [0.15, 0.2) is 0 Å². The summed E-state index contributed by atoms with van der Waals surface area (Å²) < 4.78 is 0. The van der Waals surface area contributed by atoms with Crippen molar-refractivity contribution >= 4 is 17.4 Å². The number of benzene rings is 1. The highest BCUT2D eigenvalue weighted by Crippen LogP contribution is 2.08. The zero-order valence-corrected chi connectivity index (χ0v) is 13.5. The van der Waals surface area contributed by atoms with E-state index in [1.54, 1.807) is 11.3 Å². The van der Waals surface area contributed by atoms with Crippen LogP contribution in [0.25, 0.3) is 0 Å². The lowest BCUT2D eigenvalue weighted by Crippen LogP contribution is -2.48. The monoisotopic (exact) mass is 318 g/mol. The molecule has 3 N–H and O–H groups in total. The fraction of sp³-hybridized carbons (Fsp3) is 0.353. The molecule has 0 saturated heterocycles. The van der Waals surface area contributed by atoms with Crippen LogP contribution in [-0.2, 0) is 12.8 Å². The molecule has 1 aromatic heterocycles. The van der Waals surface area contributed by atoms with Crippen LogP contribution < -0.4 is 10.6 Å². The Bertz CT molecular complexity index is 557. The Labute approximate surface area is 135 Å². The fourth-order valence-corrected chi connectivity index (χ4v) is 3.01. The molecule has 1 heterocycles. The minimum absolute atomic E-state index is 0.0469. The topological polar surface area (TPSA) is 61.4 Å². The van der Waals surface area contributed by atoms with Gasteiger partial charge in [0.25, 0.3) is 0 Å². The molecule has 5 heteroatoms. The van der Waals surface area contributed by atoms with Crippen molar-refractivity contribution < 1.29 is 9.90 Å². The molecular weight excluding hydrogens is 296 g/mol. The second kappa shape index (κ2) is 8.56. The van der Waals surface area contributed by atoms with Gasteiger partial charge < -0.3 is 15.7 Å². The molecule has 1 aromatic carbocycles. The molecule has 0 spiro atoms. The maximum Gasteiger partial charge on any atom is 0.315 e. The molecule has 0 radical (unpaired) electrons. The standard InChI is InChI=1S/C17H22N2O2S/c1-13(9-15-7-8-22-12-15)18-17(21)19-16(11-20)10-14-5-3-2-4-6-14/h2-8,12-13,16,20H,9-11H2,1H3,(H2,18,19,21). The number of hydrogen-bond acceptors (Lipinski definition) is 3. The second-order valence-electron chi connectivity index (χ2n) is 5.42. The molecule has 2 amide bonds. The Morgan fingerprint density at radius 2 is 1.91 bits per heavy atom. The molecule has 2 unspecified atom stereocenters. The molecule has 2 atom stereocenters. The van der Waals surface area contributed by atoms with Crippen LogP contribution in [0.1, 0.15) is 18.1 Å². The van der Waals surface area contributed by atoms with Crippen LogP contribution in [0, 0.1) is 0 Å². The molecule has 0 aliphatic carbocycles. The predicted octanol–water partition coefficient (Wildman–Crippen LogP) is 2.58. The quantitative estimate of drug-likeness (QED) is 0.735. The Morgan fingerprint density at radius 1 is 1.14 bits per heavy atom. The third-order valence-electron chi connectivity index (χ3n) is 3.38. The summed E-state index contributed by atoms with van der Waals surface area (Å²) >= 11 is 1.65. The first-order chi connectivity index (χ1) is 10.7. The van der Waals surface area contributed by atoms with E-state index in [1.165, 1.54) is 5.56 Å². The van der Waals surface area contributed by atoms with Crippen LogP contribution in [0.15, 0.2) is 47.2 Å². The summed E-state index contributed by atoms with van der Waals surface area (Å²) in [6.07, 6.45) is 1.42. The van der Waals surface area contributed by atoms with Crippen molar-refractivity contribution in [1.82, 2.24) is 10.6 Å². The second-order valence-corrected chi connectivity index (χ2v) is 6.20. The summed E-state index contributed by atoms with van der Waals surface area (Å²) in [7, 11) is 0. The van der Waals surface area contributed by atoms with Gasteiger partial charge in [-0.1, -0.05) is 30.3 Å². The van der Waals surface area contributed by atoms with Gasteiger partial charge in [0.1, 0.15) is 0 Å². The van der Waals surface area contributed by atoms with Crippen LogP contribution in [0.2, 0.25) is 0 Å². The SMILES string of the molecule is CC(Cc1ccsc1)NC(=O)NC(CO)Cc1ccccc1. The zero-order valence-electron chi connectivity index (χ0n) is 12.7. The number of rotatable bonds is 7. The molecule has 2 aromatic rings. The van der Waals surface area contributed by atoms with Crippen molar-refractivity contribution in [2.45, 2.75) is 31.8 Å². The first-order valence-electron chi connectivity index (χ1n) is 7.40. The van der Waals surface area contributed by atoms with E-state index in [-0.39, 0.29) is 24.7 Å². The number of amides is 2. The fourth-order valence-electron chi connectivity index (χ4n) is 2.32. The number of carbonyl (C=O) groups is 1. The summed E-state index contributed by atoms with van der Waals surface area (Å²) in [5.74, 6) is 0. The lowest BCUT2D eigenvalue weighted by molar-refractivity contribution is 0.213. The highest BCUT2D eigenvalue weighted by Gasteiger charge is 2.14. The minimum atomic E-state index is -0.282. The maximum absolute atomic E-state index is 12.0. The van der Waals surface area contributed by atoms with E-state index in [4.69, 9.17) is 0 Å². The summed E-state index contributed by atoms with van der Waals surface area (Å²) in [6.45, 7) is 1.89. The number of carbonyl (C=O) groups excluding carboxylic acids is 1. The zero-order chi connectivity index (χ0) is 15.8. The first-order valence-corrected chi connectivity index (χ1v) is 8.34. The van der Waals surface area contributed by atoms with Gasteiger partial charge in [-0.3, -0.25) is 0 Å². The number of aliphatic hydroxyl groups is 1. The number of nitrogens with one attached hydrogen (secondary N) is 2. The molecule has 0 aliphatic rings. The third-order valence-corrected chi connectivity index (χ3v) is 4.11. The lowest BCUT2D eigenvalue weighted by atomic mass is 10.1.